The average molecular weight is 956 g/mol. The standard InChI is InChI=1S/C72H90/c1-65(2,3)47-29-43(30-48(37-47)66(4,5)6)59-41-60(44-31-49(67(7,8)9)38-50(32-44)68(10,11)12)56-27-28-58-62(46-35-53(71(19,20)21)40-54(36-46)72(22,23)24)42-61(57-26-25-55(59)63(56)64(57)58)45-33-51(69(13,14)15)39-52(34-45)70(16,17)18/h25-42H,1-24H3. The van der Waals surface area contributed by atoms with E-state index in [1.54, 1.807) is 0 Å². The van der Waals surface area contributed by atoms with E-state index in [4.69, 9.17) is 0 Å². The maximum atomic E-state index is 2.57. The monoisotopic (exact) mass is 955 g/mol. The Morgan fingerprint density at radius 2 is 0.319 bits per heavy atom. The zero-order valence-corrected chi connectivity index (χ0v) is 49.4. The average Bonchev–Trinajstić information content (AvgIpc) is 3.24. The summed E-state index contributed by atoms with van der Waals surface area (Å²) in [5.41, 5.74) is 21.0. The fourth-order valence-electron chi connectivity index (χ4n) is 10.5. The summed E-state index contributed by atoms with van der Waals surface area (Å²) < 4.78 is 0. The summed E-state index contributed by atoms with van der Waals surface area (Å²) in [4.78, 5) is 0. The van der Waals surface area contributed by atoms with E-state index in [-0.39, 0.29) is 43.3 Å². The van der Waals surface area contributed by atoms with Crippen LogP contribution in [0.3, 0.4) is 0 Å². The van der Waals surface area contributed by atoms with Gasteiger partial charge in [-0.1, -0.05) is 263 Å². The molecule has 0 radical (unpaired) electrons. The van der Waals surface area contributed by atoms with Crippen molar-refractivity contribution in [2.75, 3.05) is 0 Å². The molecule has 378 valence electrons. The van der Waals surface area contributed by atoms with Crippen LogP contribution < -0.4 is 0 Å². The zero-order valence-electron chi connectivity index (χ0n) is 49.4. The van der Waals surface area contributed by atoms with Crippen molar-refractivity contribution < 1.29 is 0 Å². The number of benzene rings is 8. The van der Waals surface area contributed by atoms with Crippen LogP contribution in [0.5, 0.6) is 0 Å². The second kappa shape index (κ2) is 17.2. The van der Waals surface area contributed by atoms with Crippen molar-refractivity contribution in [2.45, 2.75) is 209 Å². The number of rotatable bonds is 4. The quantitative estimate of drug-likeness (QED) is 0.154. The van der Waals surface area contributed by atoms with E-state index in [9.17, 15) is 0 Å². The van der Waals surface area contributed by atoms with Gasteiger partial charge in [-0.15, -0.1) is 0 Å². The lowest BCUT2D eigenvalue weighted by atomic mass is 9.75. The molecule has 0 N–H and O–H groups in total. The van der Waals surface area contributed by atoms with Gasteiger partial charge in [-0.3, -0.25) is 0 Å². The topological polar surface area (TPSA) is 0 Å². The van der Waals surface area contributed by atoms with Crippen LogP contribution in [0.4, 0.5) is 0 Å². The molecular weight excluding hydrogens is 865 g/mol. The Balaban J connectivity index is 1.66. The fraction of sp³-hybridized carbons (Fsp3) is 0.444. The molecule has 0 aliphatic heterocycles. The molecular formula is C72H90. The van der Waals surface area contributed by atoms with Crippen LogP contribution in [0.1, 0.15) is 211 Å². The molecule has 0 nitrogen and oxygen atoms in total. The first-order valence-corrected chi connectivity index (χ1v) is 27.2. The predicted octanol–water partition coefficient (Wildman–Crippen LogP) is 21.6. The highest BCUT2D eigenvalue weighted by Gasteiger charge is 2.29. The van der Waals surface area contributed by atoms with Crippen LogP contribution in [0.15, 0.2) is 109 Å². The Kier molecular flexibility index (Phi) is 12.7. The van der Waals surface area contributed by atoms with Crippen molar-refractivity contribution >= 4 is 32.3 Å². The third-order valence-electron chi connectivity index (χ3n) is 15.8. The molecule has 8 aromatic rings. The van der Waals surface area contributed by atoms with Gasteiger partial charge in [-0.2, -0.15) is 0 Å². The molecule has 0 aromatic heterocycles. The summed E-state index contributed by atoms with van der Waals surface area (Å²) in [5, 5.41) is 7.93. The lowest BCUT2D eigenvalue weighted by Crippen LogP contribution is -2.17. The van der Waals surface area contributed by atoms with E-state index >= 15 is 0 Å². The molecule has 0 aliphatic rings. The molecule has 0 saturated heterocycles. The smallest absolute Gasteiger partial charge is 0.00139 e. The van der Waals surface area contributed by atoms with E-state index in [1.807, 2.05) is 0 Å². The third-order valence-corrected chi connectivity index (χ3v) is 15.8. The molecule has 0 fully saturated rings. The Labute approximate surface area is 437 Å². The molecule has 8 aromatic carbocycles. The highest BCUT2D eigenvalue weighted by Crippen LogP contribution is 2.51. The second-order valence-electron chi connectivity index (χ2n) is 30.2. The second-order valence-corrected chi connectivity index (χ2v) is 30.2. The lowest BCUT2D eigenvalue weighted by molar-refractivity contribution is 0.568. The summed E-state index contributed by atoms with van der Waals surface area (Å²) in [6.07, 6.45) is 0. The van der Waals surface area contributed by atoms with Crippen molar-refractivity contribution in [3.05, 3.63) is 154 Å². The molecule has 0 aliphatic carbocycles. The van der Waals surface area contributed by atoms with Crippen LogP contribution in [0.25, 0.3) is 76.8 Å². The van der Waals surface area contributed by atoms with Gasteiger partial charge in [-0.05, 0) is 177 Å². The molecule has 0 heteroatoms. The molecule has 0 bridgehead atoms. The van der Waals surface area contributed by atoms with E-state index < -0.39 is 0 Å². The van der Waals surface area contributed by atoms with Gasteiger partial charge in [0.25, 0.3) is 0 Å². The van der Waals surface area contributed by atoms with Crippen LogP contribution in [0, 0.1) is 0 Å². The van der Waals surface area contributed by atoms with Crippen molar-refractivity contribution in [3.8, 4) is 44.5 Å². The molecule has 0 atom stereocenters. The van der Waals surface area contributed by atoms with Crippen molar-refractivity contribution in [3.63, 3.8) is 0 Å². The Morgan fingerprint density at radius 1 is 0.181 bits per heavy atom. The van der Waals surface area contributed by atoms with Gasteiger partial charge in [0, 0.05) is 0 Å². The van der Waals surface area contributed by atoms with E-state index in [0.717, 1.165) is 0 Å². The van der Waals surface area contributed by atoms with E-state index in [2.05, 4.69) is 275 Å². The minimum atomic E-state index is -0.0317. The van der Waals surface area contributed by atoms with Gasteiger partial charge in [-0.25, -0.2) is 0 Å². The normalized spacial score (nSPS) is 13.8. The Morgan fingerprint density at radius 3 is 0.444 bits per heavy atom. The maximum Gasteiger partial charge on any atom is -0.00139 e. The van der Waals surface area contributed by atoms with Gasteiger partial charge in [0.05, 0.1) is 0 Å². The number of hydrogen-bond acceptors (Lipinski definition) is 0. The Bertz CT molecular complexity index is 2800. The van der Waals surface area contributed by atoms with Crippen LogP contribution >= 0.6 is 0 Å². The van der Waals surface area contributed by atoms with E-state index in [0.29, 0.717) is 0 Å². The lowest BCUT2D eigenvalue weighted by Gasteiger charge is -2.29. The van der Waals surface area contributed by atoms with Gasteiger partial charge < -0.3 is 0 Å². The maximum absolute atomic E-state index is 2.57. The number of hydrogen-bond donors (Lipinski definition) is 0. The van der Waals surface area contributed by atoms with E-state index in [1.165, 1.54) is 121 Å². The molecule has 0 saturated carbocycles. The first-order valence-electron chi connectivity index (χ1n) is 27.2. The van der Waals surface area contributed by atoms with Crippen LogP contribution in [-0.2, 0) is 43.3 Å². The predicted molar refractivity (Wildman–Crippen MR) is 321 cm³/mol. The zero-order chi connectivity index (χ0) is 53.4. The summed E-state index contributed by atoms with van der Waals surface area (Å²) in [6, 6.07) is 45.0. The van der Waals surface area contributed by atoms with Crippen molar-refractivity contribution in [1.29, 1.82) is 0 Å². The minimum absolute atomic E-state index is 0.0317. The molecule has 8 rings (SSSR count). The highest BCUT2D eigenvalue weighted by atomic mass is 14.3. The minimum Gasteiger partial charge on any atom is -0.0561 e. The molecule has 0 heterocycles. The largest absolute Gasteiger partial charge is 0.0561 e. The SMILES string of the molecule is CC(C)(C)c1cc(-c2cc(-c3cc(C(C)(C)C)cc(C(C)(C)C)c3)c3ccc4c(-c5cc(C(C)(C)C)cc(C(C)(C)C)c5)cc(-c5cc(C(C)(C)C)cc(C(C)(C)C)c5)c5ccc2c3c54)cc(C(C)(C)C)c1. The summed E-state index contributed by atoms with van der Waals surface area (Å²) in [7, 11) is 0. The van der Waals surface area contributed by atoms with Gasteiger partial charge in [0.1, 0.15) is 0 Å². The summed E-state index contributed by atoms with van der Waals surface area (Å²) in [5.74, 6) is 0. The molecule has 0 spiro atoms. The first-order chi connectivity index (χ1) is 32.7. The van der Waals surface area contributed by atoms with Crippen molar-refractivity contribution in [2.24, 2.45) is 0 Å². The molecule has 0 unspecified atom stereocenters. The fourth-order valence-corrected chi connectivity index (χ4v) is 10.5. The van der Waals surface area contributed by atoms with Gasteiger partial charge >= 0.3 is 0 Å². The van der Waals surface area contributed by atoms with Crippen LogP contribution in [-0.4, -0.2) is 0 Å². The van der Waals surface area contributed by atoms with Gasteiger partial charge in [0.2, 0.25) is 0 Å². The van der Waals surface area contributed by atoms with Crippen molar-refractivity contribution in [1.82, 2.24) is 0 Å². The van der Waals surface area contributed by atoms with Crippen LogP contribution in [0.2, 0.25) is 0 Å². The summed E-state index contributed by atoms with van der Waals surface area (Å²) >= 11 is 0. The third kappa shape index (κ3) is 10.2. The Hall–Kier alpha value is -5.20. The van der Waals surface area contributed by atoms with Gasteiger partial charge in [0.15, 0.2) is 0 Å². The summed E-state index contributed by atoms with van der Waals surface area (Å²) in [6.45, 7) is 56.7. The highest BCUT2D eigenvalue weighted by molar-refractivity contribution is 6.32. The molecule has 72 heavy (non-hydrogen) atoms. The molecule has 0 amide bonds. The first kappa shape index (κ1) is 53.1.